The first-order chi connectivity index (χ1) is 17.9. The van der Waals surface area contributed by atoms with Gasteiger partial charge in [-0.1, -0.05) is 18.2 Å². The number of amides is 1. The number of likely N-dealkylation sites (tertiary alicyclic amines) is 1. The van der Waals surface area contributed by atoms with Gasteiger partial charge in [-0.2, -0.15) is 0 Å². The van der Waals surface area contributed by atoms with Crippen LogP contribution in [0.15, 0.2) is 55.5 Å². The van der Waals surface area contributed by atoms with E-state index in [0.717, 1.165) is 27.8 Å². The Balaban J connectivity index is 1.33. The largest absolute Gasteiger partial charge is 0.485 e. The summed E-state index contributed by atoms with van der Waals surface area (Å²) in [6, 6.07) is 9.50. The molecule has 37 heavy (non-hydrogen) atoms. The topological polar surface area (TPSA) is 96.4 Å². The van der Waals surface area contributed by atoms with Crippen LogP contribution in [0.25, 0.3) is 11.0 Å². The van der Waals surface area contributed by atoms with Crippen molar-refractivity contribution in [1.29, 1.82) is 0 Å². The summed E-state index contributed by atoms with van der Waals surface area (Å²) in [7, 11) is 1.99. The lowest BCUT2D eigenvalue weighted by Crippen LogP contribution is -2.36. The predicted molar refractivity (Wildman–Crippen MR) is 147 cm³/mol. The number of nitrogens with one attached hydrogen (secondary N) is 1. The van der Waals surface area contributed by atoms with Crippen molar-refractivity contribution in [3.63, 3.8) is 0 Å². The quantitative estimate of drug-likeness (QED) is 0.315. The molecule has 0 saturated carbocycles. The van der Waals surface area contributed by atoms with Crippen LogP contribution in [0.4, 0.5) is 17.3 Å². The fourth-order valence-corrected chi connectivity index (χ4v) is 5.17. The van der Waals surface area contributed by atoms with Crippen molar-refractivity contribution < 1.29 is 9.53 Å². The standard InChI is InChI=1S/C26H26ClN7O2S/c1-4-24(35)34-10-9-18(13-34)33(3)22-8-6-20-25(32-22)26(30-15-29-20)31-17-5-7-21(19(27)11-17)36-14-23-28-12-16(2)37-23/h4-8,11-12,15,18H,1,9-10,13-14H2,2-3H3,(H,29,30,31). The Hall–Kier alpha value is -3.76. The number of anilines is 3. The van der Waals surface area contributed by atoms with Crippen LogP contribution in [-0.2, 0) is 11.4 Å². The molecule has 1 aliphatic rings. The molecule has 190 valence electrons. The summed E-state index contributed by atoms with van der Waals surface area (Å²) in [5, 5.41) is 4.68. The molecule has 3 aromatic heterocycles. The second kappa shape index (κ2) is 10.7. The van der Waals surface area contributed by atoms with Crippen LogP contribution in [-0.4, -0.2) is 56.9 Å². The number of thiazole rings is 1. The van der Waals surface area contributed by atoms with Crippen molar-refractivity contribution in [1.82, 2.24) is 24.8 Å². The molecular formula is C26H26ClN7O2S. The summed E-state index contributed by atoms with van der Waals surface area (Å²) >= 11 is 8.09. The van der Waals surface area contributed by atoms with Gasteiger partial charge in [-0.3, -0.25) is 4.79 Å². The van der Waals surface area contributed by atoms with E-state index in [1.807, 2.05) is 44.4 Å². The number of fused-ring (bicyclic) bond motifs is 1. The minimum Gasteiger partial charge on any atom is -0.485 e. The zero-order valence-electron chi connectivity index (χ0n) is 20.5. The van der Waals surface area contributed by atoms with Crippen LogP contribution in [0.3, 0.4) is 0 Å². The molecule has 0 spiro atoms. The van der Waals surface area contributed by atoms with E-state index in [9.17, 15) is 4.79 Å². The maximum absolute atomic E-state index is 12.0. The average Bonchev–Trinajstić information content (AvgIpc) is 3.57. The third-order valence-electron chi connectivity index (χ3n) is 6.24. The molecule has 11 heteroatoms. The molecule has 0 radical (unpaired) electrons. The van der Waals surface area contributed by atoms with Gasteiger partial charge in [0, 0.05) is 42.9 Å². The van der Waals surface area contributed by atoms with Crippen molar-refractivity contribution in [3.05, 3.63) is 70.4 Å². The number of pyridine rings is 1. The molecule has 4 aromatic rings. The number of halogens is 1. The van der Waals surface area contributed by atoms with Gasteiger partial charge in [-0.05, 0) is 49.8 Å². The zero-order valence-corrected chi connectivity index (χ0v) is 22.1. The first-order valence-corrected chi connectivity index (χ1v) is 13.0. The van der Waals surface area contributed by atoms with E-state index in [-0.39, 0.29) is 11.9 Å². The molecule has 5 rings (SSSR count). The van der Waals surface area contributed by atoms with E-state index in [0.29, 0.717) is 47.3 Å². The molecule has 1 aliphatic heterocycles. The highest BCUT2D eigenvalue weighted by atomic mass is 35.5. The SMILES string of the molecule is C=CC(=O)N1CCC(N(C)c2ccc3ncnc(Nc4ccc(OCc5ncc(C)s5)c(Cl)c4)c3n2)C1. The van der Waals surface area contributed by atoms with Crippen LogP contribution in [0.1, 0.15) is 16.3 Å². The minimum absolute atomic E-state index is 0.0457. The number of carbonyl (C=O) groups excluding carboxylic acids is 1. The van der Waals surface area contributed by atoms with Gasteiger partial charge in [-0.25, -0.2) is 19.9 Å². The smallest absolute Gasteiger partial charge is 0.246 e. The van der Waals surface area contributed by atoms with Gasteiger partial charge in [0.25, 0.3) is 0 Å². The van der Waals surface area contributed by atoms with E-state index in [4.69, 9.17) is 21.3 Å². The van der Waals surface area contributed by atoms with E-state index in [1.54, 1.807) is 22.3 Å². The Bertz CT molecular complexity index is 1460. The molecule has 0 aliphatic carbocycles. The van der Waals surface area contributed by atoms with Crippen molar-refractivity contribution in [2.45, 2.75) is 26.0 Å². The fraction of sp³-hybridized carbons (Fsp3) is 0.269. The number of hydrogen-bond donors (Lipinski definition) is 1. The maximum atomic E-state index is 12.0. The summed E-state index contributed by atoms with van der Waals surface area (Å²) in [4.78, 5) is 35.0. The highest BCUT2D eigenvalue weighted by Gasteiger charge is 2.28. The third-order valence-corrected chi connectivity index (χ3v) is 7.42. The summed E-state index contributed by atoms with van der Waals surface area (Å²) in [5.74, 6) is 1.88. The zero-order chi connectivity index (χ0) is 25.9. The highest BCUT2D eigenvalue weighted by molar-refractivity contribution is 7.11. The van der Waals surface area contributed by atoms with Crippen LogP contribution in [0, 0.1) is 6.92 Å². The summed E-state index contributed by atoms with van der Waals surface area (Å²) in [6.07, 6.45) is 5.55. The first kappa shape index (κ1) is 24.9. The average molecular weight is 536 g/mol. The summed E-state index contributed by atoms with van der Waals surface area (Å²) in [5.41, 5.74) is 2.10. The molecular weight excluding hydrogens is 510 g/mol. The Morgan fingerprint density at radius 2 is 2.19 bits per heavy atom. The van der Waals surface area contributed by atoms with Gasteiger partial charge in [0.1, 0.15) is 35.0 Å². The summed E-state index contributed by atoms with van der Waals surface area (Å²) < 4.78 is 5.85. The van der Waals surface area contributed by atoms with E-state index >= 15 is 0 Å². The molecule has 1 N–H and O–H groups in total. The lowest BCUT2D eigenvalue weighted by molar-refractivity contribution is -0.125. The van der Waals surface area contributed by atoms with Gasteiger partial charge in [0.15, 0.2) is 5.82 Å². The van der Waals surface area contributed by atoms with E-state index in [1.165, 1.54) is 12.4 Å². The lowest BCUT2D eigenvalue weighted by Gasteiger charge is -2.26. The maximum Gasteiger partial charge on any atom is 0.246 e. The molecule has 1 saturated heterocycles. The second-order valence-electron chi connectivity index (χ2n) is 8.72. The number of aryl methyl sites for hydroxylation is 1. The summed E-state index contributed by atoms with van der Waals surface area (Å²) in [6.45, 7) is 7.30. The number of carbonyl (C=O) groups is 1. The molecule has 1 atom stereocenters. The van der Waals surface area contributed by atoms with Crippen molar-refractivity contribution in [2.75, 3.05) is 30.4 Å². The molecule has 1 fully saturated rings. The molecule has 0 bridgehead atoms. The number of hydrogen-bond acceptors (Lipinski definition) is 9. The van der Waals surface area contributed by atoms with Crippen molar-refractivity contribution in [2.24, 2.45) is 0 Å². The van der Waals surface area contributed by atoms with Gasteiger partial charge in [0.2, 0.25) is 5.91 Å². The minimum atomic E-state index is -0.0457. The molecule has 9 nitrogen and oxygen atoms in total. The van der Waals surface area contributed by atoms with Crippen LogP contribution < -0.4 is 15.0 Å². The van der Waals surface area contributed by atoms with Crippen LogP contribution in [0.2, 0.25) is 5.02 Å². The number of ether oxygens (including phenoxy) is 1. The molecule has 1 unspecified atom stereocenters. The Morgan fingerprint density at radius 3 is 2.95 bits per heavy atom. The van der Waals surface area contributed by atoms with Gasteiger partial charge in [-0.15, -0.1) is 11.3 Å². The molecule has 1 amide bonds. The number of benzene rings is 1. The van der Waals surface area contributed by atoms with Gasteiger partial charge in [0.05, 0.1) is 10.5 Å². The third kappa shape index (κ3) is 5.50. The fourth-order valence-electron chi connectivity index (χ4n) is 4.23. The Kier molecular flexibility index (Phi) is 7.20. The molecule has 1 aromatic carbocycles. The van der Waals surface area contributed by atoms with Gasteiger partial charge < -0.3 is 19.9 Å². The predicted octanol–water partition coefficient (Wildman–Crippen LogP) is 4.99. The Labute approximate surface area is 223 Å². The first-order valence-electron chi connectivity index (χ1n) is 11.8. The van der Waals surface area contributed by atoms with Crippen LogP contribution in [0.5, 0.6) is 5.75 Å². The van der Waals surface area contributed by atoms with E-state index in [2.05, 4.69) is 31.7 Å². The molecule has 4 heterocycles. The number of aromatic nitrogens is 4. The highest BCUT2D eigenvalue weighted by Crippen LogP contribution is 2.31. The number of nitrogens with zero attached hydrogens (tertiary/aromatic N) is 6. The van der Waals surface area contributed by atoms with Crippen LogP contribution >= 0.6 is 22.9 Å². The number of rotatable bonds is 8. The monoisotopic (exact) mass is 535 g/mol. The normalized spacial score (nSPS) is 15.1. The van der Waals surface area contributed by atoms with E-state index < -0.39 is 0 Å². The van der Waals surface area contributed by atoms with Crippen molar-refractivity contribution >= 4 is 57.2 Å². The Morgan fingerprint density at radius 1 is 1.32 bits per heavy atom. The van der Waals surface area contributed by atoms with Crippen molar-refractivity contribution in [3.8, 4) is 5.75 Å². The second-order valence-corrected chi connectivity index (χ2v) is 10.5. The van der Waals surface area contributed by atoms with Gasteiger partial charge >= 0.3 is 0 Å². The lowest BCUT2D eigenvalue weighted by atomic mass is 10.2. The number of likely N-dealkylation sites (N-methyl/N-ethyl adjacent to an activating group) is 1.